The molecule has 0 aliphatic carbocycles. The summed E-state index contributed by atoms with van der Waals surface area (Å²) in [6.07, 6.45) is 0. The minimum Gasteiger partial charge on any atom is -0.497 e. The summed E-state index contributed by atoms with van der Waals surface area (Å²) in [6, 6.07) is 11.6. The minimum atomic E-state index is -0.821. The molecule has 2 rings (SSSR count). The first-order chi connectivity index (χ1) is 10.0. The topological polar surface area (TPSA) is 21.3 Å². The van der Waals surface area contributed by atoms with Gasteiger partial charge in [-0.2, -0.15) is 0 Å². The molecule has 0 bridgehead atoms. The summed E-state index contributed by atoms with van der Waals surface area (Å²) < 4.78 is 32.2. The first kappa shape index (κ1) is 15.4. The average Bonchev–Trinajstić information content (AvgIpc) is 2.50. The Morgan fingerprint density at radius 1 is 0.952 bits per heavy atom. The van der Waals surface area contributed by atoms with E-state index in [0.29, 0.717) is 5.56 Å². The number of hydrogen-bond donors (Lipinski definition) is 1. The van der Waals surface area contributed by atoms with E-state index in [-0.39, 0.29) is 12.1 Å². The van der Waals surface area contributed by atoms with Crippen LogP contribution in [0.3, 0.4) is 0 Å². The predicted molar refractivity (Wildman–Crippen MR) is 79.3 cm³/mol. The van der Waals surface area contributed by atoms with Gasteiger partial charge in [-0.1, -0.05) is 24.3 Å². The lowest BCUT2D eigenvalue weighted by atomic mass is 10.0. The molecule has 2 nitrogen and oxygen atoms in total. The van der Waals surface area contributed by atoms with Crippen LogP contribution in [-0.4, -0.2) is 7.11 Å². The van der Waals surface area contributed by atoms with Crippen LogP contribution in [0.25, 0.3) is 0 Å². The first-order valence-corrected chi connectivity index (χ1v) is 6.87. The second-order valence-corrected chi connectivity index (χ2v) is 5.03. The first-order valence-electron chi connectivity index (χ1n) is 6.87. The van der Waals surface area contributed by atoms with Gasteiger partial charge < -0.3 is 10.1 Å². The van der Waals surface area contributed by atoms with E-state index in [0.717, 1.165) is 17.4 Å². The number of benzene rings is 2. The fourth-order valence-electron chi connectivity index (χ4n) is 2.31. The minimum absolute atomic E-state index is 0.00794. The second-order valence-electron chi connectivity index (χ2n) is 5.03. The highest BCUT2D eigenvalue weighted by atomic mass is 19.2. The van der Waals surface area contributed by atoms with Crippen molar-refractivity contribution < 1.29 is 13.5 Å². The fourth-order valence-corrected chi connectivity index (χ4v) is 2.31. The van der Waals surface area contributed by atoms with Gasteiger partial charge in [-0.05, 0) is 37.6 Å². The standard InChI is InChI=1S/C17H19F2NO/c1-11(13-7-9-14(21-3)10-8-13)20-12(2)15-5-4-6-16(18)17(15)19/h4-12,20H,1-3H3/t11-,12?/m0/s1. The second kappa shape index (κ2) is 6.68. The summed E-state index contributed by atoms with van der Waals surface area (Å²) >= 11 is 0. The van der Waals surface area contributed by atoms with Crippen LogP contribution in [0.5, 0.6) is 5.75 Å². The lowest BCUT2D eigenvalue weighted by Gasteiger charge is -2.21. The van der Waals surface area contributed by atoms with Gasteiger partial charge in [0.05, 0.1) is 7.11 Å². The van der Waals surface area contributed by atoms with Crippen LogP contribution in [0, 0.1) is 11.6 Å². The molecule has 0 aliphatic rings. The predicted octanol–water partition coefficient (Wildman–Crippen LogP) is 4.39. The number of hydrogen-bond acceptors (Lipinski definition) is 2. The number of rotatable bonds is 5. The van der Waals surface area contributed by atoms with E-state index in [1.165, 1.54) is 6.07 Å². The molecule has 112 valence electrons. The lowest BCUT2D eigenvalue weighted by Crippen LogP contribution is -2.23. The molecule has 0 aliphatic heterocycles. The van der Waals surface area contributed by atoms with Crippen LogP contribution in [0.15, 0.2) is 42.5 Å². The Kier molecular flexibility index (Phi) is 4.91. The number of nitrogens with one attached hydrogen (secondary N) is 1. The molecule has 2 atom stereocenters. The van der Waals surface area contributed by atoms with E-state index >= 15 is 0 Å². The van der Waals surface area contributed by atoms with Gasteiger partial charge >= 0.3 is 0 Å². The summed E-state index contributed by atoms with van der Waals surface area (Å²) in [5.41, 5.74) is 1.38. The Bertz CT molecular complexity index is 598. The summed E-state index contributed by atoms with van der Waals surface area (Å²) in [5.74, 6) is -0.826. The van der Waals surface area contributed by atoms with Gasteiger partial charge in [0.2, 0.25) is 0 Å². The summed E-state index contributed by atoms with van der Waals surface area (Å²) in [5, 5.41) is 3.27. The number of ether oxygens (including phenoxy) is 1. The molecule has 2 aromatic carbocycles. The molecule has 4 heteroatoms. The molecule has 0 spiro atoms. The number of halogens is 2. The molecule has 0 radical (unpaired) electrons. The Morgan fingerprint density at radius 2 is 1.62 bits per heavy atom. The van der Waals surface area contributed by atoms with Crippen LogP contribution in [0.4, 0.5) is 8.78 Å². The maximum Gasteiger partial charge on any atom is 0.163 e. The van der Waals surface area contributed by atoms with Gasteiger partial charge in [0.1, 0.15) is 5.75 Å². The zero-order valence-corrected chi connectivity index (χ0v) is 12.4. The molecule has 0 saturated heterocycles. The van der Waals surface area contributed by atoms with Crippen molar-refractivity contribution in [2.75, 3.05) is 7.11 Å². The van der Waals surface area contributed by atoms with Crippen molar-refractivity contribution in [2.45, 2.75) is 25.9 Å². The third-order valence-corrected chi connectivity index (χ3v) is 3.56. The Morgan fingerprint density at radius 3 is 2.24 bits per heavy atom. The summed E-state index contributed by atoms with van der Waals surface area (Å²) in [4.78, 5) is 0. The van der Waals surface area contributed by atoms with Crippen molar-refractivity contribution in [3.05, 3.63) is 65.2 Å². The zero-order valence-electron chi connectivity index (χ0n) is 12.4. The maximum absolute atomic E-state index is 13.8. The molecule has 0 fully saturated rings. The van der Waals surface area contributed by atoms with Crippen LogP contribution >= 0.6 is 0 Å². The Labute approximate surface area is 123 Å². The highest BCUT2D eigenvalue weighted by Gasteiger charge is 2.16. The highest BCUT2D eigenvalue weighted by molar-refractivity contribution is 5.29. The molecule has 0 saturated carbocycles. The van der Waals surface area contributed by atoms with E-state index in [4.69, 9.17) is 4.74 Å². The third-order valence-electron chi connectivity index (χ3n) is 3.56. The van der Waals surface area contributed by atoms with Gasteiger partial charge in [0.15, 0.2) is 11.6 Å². The highest BCUT2D eigenvalue weighted by Crippen LogP contribution is 2.23. The number of methoxy groups -OCH3 is 1. The summed E-state index contributed by atoms with van der Waals surface area (Å²) in [6.45, 7) is 3.80. The Balaban J connectivity index is 2.10. The molecule has 0 amide bonds. The van der Waals surface area contributed by atoms with Gasteiger partial charge in [0, 0.05) is 17.6 Å². The van der Waals surface area contributed by atoms with Crippen LogP contribution in [0.1, 0.15) is 37.1 Å². The summed E-state index contributed by atoms with van der Waals surface area (Å²) in [7, 11) is 1.62. The van der Waals surface area contributed by atoms with Crippen molar-refractivity contribution >= 4 is 0 Å². The van der Waals surface area contributed by atoms with E-state index in [2.05, 4.69) is 5.32 Å². The lowest BCUT2D eigenvalue weighted by molar-refractivity contribution is 0.414. The molecular weight excluding hydrogens is 272 g/mol. The largest absolute Gasteiger partial charge is 0.497 e. The van der Waals surface area contributed by atoms with E-state index in [9.17, 15) is 8.78 Å². The van der Waals surface area contributed by atoms with Crippen molar-refractivity contribution in [3.63, 3.8) is 0 Å². The zero-order chi connectivity index (χ0) is 15.4. The average molecular weight is 291 g/mol. The van der Waals surface area contributed by atoms with Gasteiger partial charge in [-0.25, -0.2) is 8.78 Å². The molecule has 1 N–H and O–H groups in total. The molecule has 0 aromatic heterocycles. The molecular formula is C17H19F2NO. The van der Waals surface area contributed by atoms with Gasteiger partial charge in [0.25, 0.3) is 0 Å². The molecule has 1 unspecified atom stereocenters. The van der Waals surface area contributed by atoms with Crippen LogP contribution in [0.2, 0.25) is 0 Å². The van der Waals surface area contributed by atoms with Crippen LogP contribution in [-0.2, 0) is 0 Å². The van der Waals surface area contributed by atoms with Crippen molar-refractivity contribution in [1.29, 1.82) is 0 Å². The van der Waals surface area contributed by atoms with E-state index < -0.39 is 11.6 Å². The van der Waals surface area contributed by atoms with Gasteiger partial charge in [-0.3, -0.25) is 0 Å². The molecule has 2 aromatic rings. The molecule has 0 heterocycles. The van der Waals surface area contributed by atoms with Crippen molar-refractivity contribution in [3.8, 4) is 5.75 Å². The smallest absolute Gasteiger partial charge is 0.163 e. The molecule has 21 heavy (non-hydrogen) atoms. The van der Waals surface area contributed by atoms with Crippen molar-refractivity contribution in [2.24, 2.45) is 0 Å². The van der Waals surface area contributed by atoms with Crippen molar-refractivity contribution in [1.82, 2.24) is 5.32 Å². The quantitative estimate of drug-likeness (QED) is 0.882. The van der Waals surface area contributed by atoms with E-state index in [1.54, 1.807) is 13.2 Å². The Hall–Kier alpha value is -1.94. The van der Waals surface area contributed by atoms with E-state index in [1.807, 2.05) is 38.1 Å². The third kappa shape index (κ3) is 3.58. The maximum atomic E-state index is 13.8. The normalized spacial score (nSPS) is 13.8. The SMILES string of the molecule is COc1ccc([C@H](C)NC(C)c2cccc(F)c2F)cc1. The van der Waals surface area contributed by atoms with Crippen LogP contribution < -0.4 is 10.1 Å². The fraction of sp³-hybridized carbons (Fsp3) is 0.294. The monoisotopic (exact) mass is 291 g/mol. The van der Waals surface area contributed by atoms with Gasteiger partial charge in [-0.15, -0.1) is 0 Å².